The molecule has 180 valence electrons. The molecule has 7 nitrogen and oxygen atoms in total. The summed E-state index contributed by atoms with van der Waals surface area (Å²) in [5.74, 6) is 2.08. The Labute approximate surface area is 199 Å². The first-order valence-corrected chi connectivity index (χ1v) is 11.9. The van der Waals surface area contributed by atoms with Crippen molar-refractivity contribution in [1.29, 1.82) is 0 Å². The lowest BCUT2D eigenvalue weighted by Gasteiger charge is -2.42. The molecule has 1 amide bonds. The van der Waals surface area contributed by atoms with Gasteiger partial charge in [-0.15, -0.1) is 6.42 Å². The Morgan fingerprint density at radius 1 is 1.26 bits per heavy atom. The Balaban J connectivity index is 1.34. The highest BCUT2D eigenvalue weighted by molar-refractivity contribution is 5.93. The number of aromatic amines is 1. The molecule has 2 aromatic rings. The summed E-state index contributed by atoms with van der Waals surface area (Å²) in [6.45, 7) is 4.30. The zero-order valence-corrected chi connectivity index (χ0v) is 19.6. The maximum absolute atomic E-state index is 13.5. The van der Waals surface area contributed by atoms with Gasteiger partial charge in [0.1, 0.15) is 11.5 Å². The minimum absolute atomic E-state index is 0.217. The molecule has 2 fully saturated rings. The molecule has 8 heteroatoms. The van der Waals surface area contributed by atoms with Crippen molar-refractivity contribution in [2.24, 2.45) is 0 Å². The van der Waals surface area contributed by atoms with Gasteiger partial charge in [-0.25, -0.2) is 4.39 Å². The van der Waals surface area contributed by atoms with Crippen LogP contribution >= 0.6 is 0 Å². The molecule has 1 saturated heterocycles. The molecule has 0 bridgehead atoms. The van der Waals surface area contributed by atoms with Gasteiger partial charge in [0.15, 0.2) is 0 Å². The fourth-order valence-corrected chi connectivity index (χ4v) is 5.15. The average Bonchev–Trinajstić information content (AvgIpc) is 2.86. The topological polar surface area (TPSA) is 80.5 Å². The summed E-state index contributed by atoms with van der Waals surface area (Å²) < 4.78 is 13.5. The molecule has 3 N–H and O–H groups in total. The largest absolute Gasteiger partial charge is 0.367 e. The summed E-state index contributed by atoms with van der Waals surface area (Å²) in [5, 5.41) is 6.92. The van der Waals surface area contributed by atoms with Gasteiger partial charge in [-0.3, -0.25) is 19.4 Å². The van der Waals surface area contributed by atoms with Crippen LogP contribution in [0.15, 0.2) is 40.8 Å². The van der Waals surface area contributed by atoms with Crippen LogP contribution in [-0.4, -0.2) is 66.6 Å². The number of pyridine rings is 1. The average molecular weight is 466 g/mol. The van der Waals surface area contributed by atoms with Crippen molar-refractivity contribution < 1.29 is 9.18 Å². The van der Waals surface area contributed by atoms with Crippen LogP contribution < -0.4 is 16.2 Å². The number of aromatic nitrogens is 1. The molecule has 1 aromatic carbocycles. The monoisotopic (exact) mass is 465 g/mol. The standard InChI is InChI=1S/C26H32FN5O2/c1-3-5-23(26(34)28-2)29-17-31-10-12-32(13-11-31)21-7-4-6-19(14-21)24-15-18-8-9-20(27)16-22(18)25(33)30-24/h1,5,8-9,15-16,19,21,29H,4,6-7,10-14,17H2,2H3,(H,28,34)(H,30,33)/b23-5-. The van der Waals surface area contributed by atoms with Gasteiger partial charge in [0.25, 0.3) is 11.5 Å². The highest BCUT2D eigenvalue weighted by Gasteiger charge is 2.30. The number of nitrogens with zero attached hydrogens (tertiary/aromatic N) is 2. The number of halogens is 1. The minimum Gasteiger partial charge on any atom is -0.367 e. The van der Waals surface area contributed by atoms with Crippen LogP contribution in [0.4, 0.5) is 4.39 Å². The predicted octanol–water partition coefficient (Wildman–Crippen LogP) is 2.12. The van der Waals surface area contributed by atoms with Gasteiger partial charge in [-0.2, -0.15) is 0 Å². The van der Waals surface area contributed by atoms with Crippen molar-refractivity contribution in [2.45, 2.75) is 37.6 Å². The zero-order chi connectivity index (χ0) is 24.1. The molecule has 2 aliphatic rings. The smallest absolute Gasteiger partial charge is 0.267 e. The maximum Gasteiger partial charge on any atom is 0.267 e. The highest BCUT2D eigenvalue weighted by Crippen LogP contribution is 2.35. The summed E-state index contributed by atoms with van der Waals surface area (Å²) in [5.41, 5.74) is 1.14. The number of terminal acetylenes is 1. The second kappa shape index (κ2) is 10.9. The van der Waals surface area contributed by atoms with Gasteiger partial charge in [0.2, 0.25) is 0 Å². The molecule has 0 radical (unpaired) electrons. The molecule has 2 heterocycles. The number of allylic oxidation sites excluding steroid dienone is 1. The van der Waals surface area contributed by atoms with Crippen molar-refractivity contribution in [1.82, 2.24) is 25.4 Å². The number of fused-ring (bicyclic) bond motifs is 1. The van der Waals surface area contributed by atoms with Crippen LogP contribution in [0.2, 0.25) is 0 Å². The Kier molecular flexibility index (Phi) is 7.66. The number of carbonyl (C=O) groups excluding carboxylic acids is 1. The summed E-state index contributed by atoms with van der Waals surface area (Å²) >= 11 is 0. The van der Waals surface area contributed by atoms with Gasteiger partial charge < -0.3 is 15.6 Å². The number of carbonyl (C=O) groups is 1. The predicted molar refractivity (Wildman–Crippen MR) is 132 cm³/mol. The summed E-state index contributed by atoms with van der Waals surface area (Å²) in [7, 11) is 1.58. The first-order valence-electron chi connectivity index (χ1n) is 11.9. The Hall–Kier alpha value is -3.15. The van der Waals surface area contributed by atoms with Crippen molar-refractivity contribution in [3.8, 4) is 12.3 Å². The van der Waals surface area contributed by atoms with E-state index in [1.807, 2.05) is 6.07 Å². The molecule has 2 unspecified atom stereocenters. The van der Waals surface area contributed by atoms with E-state index in [4.69, 9.17) is 6.42 Å². The van der Waals surface area contributed by atoms with Gasteiger partial charge in [0.05, 0.1) is 6.67 Å². The molecule has 1 saturated carbocycles. The first-order chi connectivity index (χ1) is 16.5. The number of amides is 1. The second-order valence-corrected chi connectivity index (χ2v) is 9.10. The molecule has 1 aromatic heterocycles. The number of likely N-dealkylation sites (N-methyl/N-ethyl adjacent to an activating group) is 1. The van der Waals surface area contributed by atoms with Gasteiger partial charge in [-0.1, -0.05) is 18.4 Å². The van der Waals surface area contributed by atoms with E-state index in [2.05, 4.69) is 31.3 Å². The lowest BCUT2D eigenvalue weighted by molar-refractivity contribution is -0.117. The Morgan fingerprint density at radius 3 is 2.79 bits per heavy atom. The zero-order valence-electron chi connectivity index (χ0n) is 19.6. The van der Waals surface area contributed by atoms with Crippen molar-refractivity contribution in [2.75, 3.05) is 39.9 Å². The van der Waals surface area contributed by atoms with E-state index in [-0.39, 0.29) is 11.5 Å². The second-order valence-electron chi connectivity index (χ2n) is 9.10. The molecule has 4 rings (SSSR count). The SMILES string of the molecule is C#C/C=C(\NCN1CCN(C2CCCC(c3cc4ccc(F)cc4c(=O)[nH]3)C2)CC1)C(=O)NC. The number of hydrogen-bond acceptors (Lipinski definition) is 5. The van der Waals surface area contributed by atoms with Crippen LogP contribution in [0.25, 0.3) is 10.8 Å². The molecule has 34 heavy (non-hydrogen) atoms. The lowest BCUT2D eigenvalue weighted by Crippen LogP contribution is -2.53. The van der Waals surface area contributed by atoms with E-state index in [9.17, 15) is 14.0 Å². The van der Waals surface area contributed by atoms with Crippen LogP contribution in [0, 0.1) is 18.2 Å². The molecular weight excluding hydrogens is 433 g/mol. The lowest BCUT2D eigenvalue weighted by atomic mass is 9.82. The molecule has 2 atom stereocenters. The number of benzene rings is 1. The summed E-state index contributed by atoms with van der Waals surface area (Å²) in [6.07, 6.45) is 11.1. The van der Waals surface area contributed by atoms with Gasteiger partial charge >= 0.3 is 0 Å². The molecule has 1 aliphatic carbocycles. The number of nitrogens with one attached hydrogen (secondary N) is 3. The Bertz CT molecular complexity index is 1160. The summed E-state index contributed by atoms with van der Waals surface area (Å²) in [6, 6.07) is 6.88. The van der Waals surface area contributed by atoms with Crippen LogP contribution in [0.1, 0.15) is 37.3 Å². The van der Waals surface area contributed by atoms with Crippen molar-refractivity contribution in [3.05, 3.63) is 57.9 Å². The fourth-order valence-electron chi connectivity index (χ4n) is 5.15. The third-order valence-electron chi connectivity index (χ3n) is 7.03. The first kappa shape index (κ1) is 24.0. The van der Waals surface area contributed by atoms with E-state index in [0.717, 1.165) is 62.9 Å². The van der Waals surface area contributed by atoms with Gasteiger partial charge in [-0.05, 0) is 42.8 Å². The van der Waals surface area contributed by atoms with E-state index >= 15 is 0 Å². The maximum atomic E-state index is 13.5. The van der Waals surface area contributed by atoms with Crippen LogP contribution in [0.5, 0.6) is 0 Å². The quantitative estimate of drug-likeness (QED) is 0.450. The third-order valence-corrected chi connectivity index (χ3v) is 7.03. The third kappa shape index (κ3) is 5.49. The van der Waals surface area contributed by atoms with E-state index in [0.29, 0.717) is 29.7 Å². The summed E-state index contributed by atoms with van der Waals surface area (Å²) in [4.78, 5) is 32.3. The fraction of sp³-hybridized carbons (Fsp3) is 0.462. The van der Waals surface area contributed by atoms with Gasteiger partial charge in [0, 0.05) is 62.3 Å². The van der Waals surface area contributed by atoms with E-state index in [1.54, 1.807) is 13.1 Å². The van der Waals surface area contributed by atoms with Crippen LogP contribution in [-0.2, 0) is 4.79 Å². The normalized spacial score (nSPS) is 22.3. The van der Waals surface area contributed by atoms with Crippen LogP contribution in [0.3, 0.4) is 0 Å². The van der Waals surface area contributed by atoms with Crippen molar-refractivity contribution in [3.63, 3.8) is 0 Å². The highest BCUT2D eigenvalue weighted by atomic mass is 19.1. The number of rotatable bonds is 6. The molecule has 1 aliphatic heterocycles. The minimum atomic E-state index is -0.394. The van der Waals surface area contributed by atoms with E-state index in [1.165, 1.54) is 18.2 Å². The number of piperazine rings is 1. The Morgan fingerprint density at radius 2 is 2.06 bits per heavy atom. The molecular formula is C26H32FN5O2. The molecule has 0 spiro atoms. The van der Waals surface area contributed by atoms with E-state index < -0.39 is 5.82 Å². The van der Waals surface area contributed by atoms with Crippen molar-refractivity contribution >= 4 is 16.7 Å². The number of hydrogen-bond donors (Lipinski definition) is 3. The number of H-pyrrole nitrogens is 1.